The average molecular weight is 529 g/mol. The van der Waals surface area contributed by atoms with Crippen LogP contribution in [0.2, 0.25) is 0 Å². The van der Waals surface area contributed by atoms with Crippen molar-refractivity contribution >= 4 is 97.0 Å². The molecule has 0 aliphatic heterocycles. The van der Waals surface area contributed by atoms with E-state index in [9.17, 15) is 0 Å². The molecule has 0 aliphatic carbocycles. The van der Waals surface area contributed by atoms with Crippen molar-refractivity contribution < 1.29 is 0 Å². The third-order valence-corrected chi connectivity index (χ3v) is 9.54. The Balaban J connectivity index is 1.64. The minimum Gasteiger partial charge on any atom is -0.0616 e. The number of fused-ring (bicyclic) bond motifs is 18. The van der Waals surface area contributed by atoms with Crippen molar-refractivity contribution in [3.8, 4) is 0 Å². The van der Waals surface area contributed by atoms with Crippen LogP contribution in [0.1, 0.15) is 0 Å². The maximum absolute atomic E-state index is 2.39. The smallest absolute Gasteiger partial charge is 0.000741 e. The molecule has 10 rings (SSSR count). The summed E-state index contributed by atoms with van der Waals surface area (Å²) < 4.78 is 0. The van der Waals surface area contributed by atoms with Crippen molar-refractivity contribution in [1.82, 2.24) is 0 Å². The lowest BCUT2D eigenvalue weighted by Gasteiger charge is -2.19. The molecule has 10 aromatic rings. The zero-order valence-electron chi connectivity index (χ0n) is 22.9. The predicted octanol–water partition coefficient (Wildman–Crippen LogP) is 12.1. The van der Waals surface area contributed by atoms with Gasteiger partial charge in [0.25, 0.3) is 0 Å². The van der Waals surface area contributed by atoms with E-state index in [1.54, 1.807) is 0 Å². The van der Waals surface area contributed by atoms with E-state index in [4.69, 9.17) is 0 Å². The summed E-state index contributed by atoms with van der Waals surface area (Å²) in [5.74, 6) is 0. The monoisotopic (exact) mass is 528 g/mol. The first-order valence-corrected chi connectivity index (χ1v) is 14.7. The summed E-state index contributed by atoms with van der Waals surface area (Å²) in [6.07, 6.45) is 0. The van der Waals surface area contributed by atoms with Gasteiger partial charge in [-0.05, 0) is 97.0 Å². The molecule has 10 aromatic carbocycles. The van der Waals surface area contributed by atoms with Crippen LogP contribution in [-0.4, -0.2) is 0 Å². The van der Waals surface area contributed by atoms with E-state index in [0.29, 0.717) is 0 Å². The van der Waals surface area contributed by atoms with Crippen LogP contribution in [0.5, 0.6) is 0 Å². The second-order valence-electron chi connectivity index (χ2n) is 11.6. The van der Waals surface area contributed by atoms with Crippen molar-refractivity contribution in [2.45, 2.75) is 0 Å². The maximum Gasteiger partial charge on any atom is -0.000741 e. The molecule has 0 radical (unpaired) electrons. The van der Waals surface area contributed by atoms with Crippen molar-refractivity contribution in [2.24, 2.45) is 0 Å². The molecule has 42 heavy (non-hydrogen) atoms. The molecular formula is C42H24. The van der Waals surface area contributed by atoms with E-state index < -0.39 is 0 Å². The van der Waals surface area contributed by atoms with E-state index in [2.05, 4.69) is 146 Å². The Morgan fingerprint density at radius 1 is 0.167 bits per heavy atom. The molecule has 0 fully saturated rings. The topological polar surface area (TPSA) is 0 Å². The van der Waals surface area contributed by atoms with Gasteiger partial charge in [0.05, 0.1) is 0 Å². The molecule has 192 valence electrons. The van der Waals surface area contributed by atoms with Gasteiger partial charge in [-0.15, -0.1) is 0 Å². The molecule has 0 heterocycles. The van der Waals surface area contributed by atoms with Gasteiger partial charge in [-0.2, -0.15) is 0 Å². The van der Waals surface area contributed by atoms with Gasteiger partial charge in [0.2, 0.25) is 0 Å². The molecular weight excluding hydrogens is 504 g/mol. The summed E-state index contributed by atoms with van der Waals surface area (Å²) in [6, 6.07) is 54.3. The summed E-state index contributed by atoms with van der Waals surface area (Å²) in [5.41, 5.74) is 0. The quantitative estimate of drug-likeness (QED) is 0.172. The molecule has 0 saturated heterocycles. The van der Waals surface area contributed by atoms with Crippen LogP contribution < -0.4 is 0 Å². The Morgan fingerprint density at radius 3 is 0.952 bits per heavy atom. The van der Waals surface area contributed by atoms with Gasteiger partial charge in [-0.1, -0.05) is 146 Å². The standard InChI is InChI=1S/C42H24/c1-4-10-31-25(7-1)13-16-28-19-22-34-35-23-20-29-17-14-26-8-2-5-11-32(26)38(29)41(35)42-36(40(34)37(28)31)24-21-30-18-15-27-9-3-6-12-33(27)39(30)42/h1-24H. The fraction of sp³-hybridized carbons (Fsp3) is 0. The lowest BCUT2D eigenvalue weighted by atomic mass is 9.84. The van der Waals surface area contributed by atoms with Crippen molar-refractivity contribution in [1.29, 1.82) is 0 Å². The SMILES string of the molecule is c1ccc2c(c1)ccc1ccc3c4ccc5ccc6ccccc6c5c4c4c(ccc5ccc6ccccc6c54)c3c12. The lowest BCUT2D eigenvalue weighted by Crippen LogP contribution is -1.90. The fourth-order valence-corrected chi connectivity index (χ4v) is 7.75. The molecule has 0 spiro atoms. The predicted molar refractivity (Wildman–Crippen MR) is 184 cm³/mol. The van der Waals surface area contributed by atoms with E-state index >= 15 is 0 Å². The van der Waals surface area contributed by atoms with Gasteiger partial charge in [0, 0.05) is 0 Å². The van der Waals surface area contributed by atoms with Crippen LogP contribution in [0.3, 0.4) is 0 Å². The summed E-state index contributed by atoms with van der Waals surface area (Å²) in [6.45, 7) is 0. The van der Waals surface area contributed by atoms with Crippen molar-refractivity contribution in [3.63, 3.8) is 0 Å². The van der Waals surface area contributed by atoms with E-state index in [1.165, 1.54) is 97.0 Å². The number of rotatable bonds is 0. The first kappa shape index (κ1) is 22.3. The summed E-state index contributed by atoms with van der Waals surface area (Å²) in [5, 5.41) is 23.7. The zero-order chi connectivity index (χ0) is 27.4. The molecule has 0 saturated carbocycles. The van der Waals surface area contributed by atoms with E-state index in [-0.39, 0.29) is 0 Å². The third kappa shape index (κ3) is 2.81. The van der Waals surface area contributed by atoms with Gasteiger partial charge in [-0.25, -0.2) is 0 Å². The Bertz CT molecular complexity index is 2780. The van der Waals surface area contributed by atoms with Crippen LogP contribution in [0.4, 0.5) is 0 Å². The maximum atomic E-state index is 2.39. The first-order chi connectivity index (χ1) is 20.8. The Hall–Kier alpha value is -5.46. The highest BCUT2D eigenvalue weighted by molar-refractivity contribution is 6.44. The molecule has 0 amide bonds. The molecule has 0 heteroatoms. The molecule has 0 aliphatic rings. The van der Waals surface area contributed by atoms with E-state index in [0.717, 1.165) is 0 Å². The third-order valence-electron chi connectivity index (χ3n) is 9.54. The lowest BCUT2D eigenvalue weighted by molar-refractivity contribution is 1.78. The Kier molecular flexibility index (Phi) is 4.27. The van der Waals surface area contributed by atoms with Crippen LogP contribution in [-0.2, 0) is 0 Å². The summed E-state index contributed by atoms with van der Waals surface area (Å²) in [4.78, 5) is 0. The summed E-state index contributed by atoms with van der Waals surface area (Å²) in [7, 11) is 0. The van der Waals surface area contributed by atoms with Crippen LogP contribution in [0.25, 0.3) is 97.0 Å². The molecule has 0 atom stereocenters. The Morgan fingerprint density at radius 2 is 0.476 bits per heavy atom. The highest BCUT2D eigenvalue weighted by Crippen LogP contribution is 2.47. The van der Waals surface area contributed by atoms with Gasteiger partial charge in [0.15, 0.2) is 0 Å². The molecule has 0 nitrogen and oxygen atoms in total. The minimum atomic E-state index is 1.28. The minimum absolute atomic E-state index is 1.28. The van der Waals surface area contributed by atoms with Crippen LogP contribution in [0, 0.1) is 0 Å². The van der Waals surface area contributed by atoms with Gasteiger partial charge in [-0.3, -0.25) is 0 Å². The fourth-order valence-electron chi connectivity index (χ4n) is 7.75. The van der Waals surface area contributed by atoms with Gasteiger partial charge < -0.3 is 0 Å². The molecule has 0 bridgehead atoms. The number of benzene rings is 10. The number of hydrogen-bond donors (Lipinski definition) is 0. The molecule has 0 N–H and O–H groups in total. The highest BCUT2D eigenvalue weighted by Gasteiger charge is 2.19. The van der Waals surface area contributed by atoms with Crippen molar-refractivity contribution in [2.75, 3.05) is 0 Å². The average Bonchev–Trinajstić information content (AvgIpc) is 3.06. The normalized spacial score (nSPS) is 12.3. The van der Waals surface area contributed by atoms with Crippen LogP contribution in [0.15, 0.2) is 146 Å². The second kappa shape index (κ2) is 8.06. The van der Waals surface area contributed by atoms with Gasteiger partial charge in [0.1, 0.15) is 0 Å². The number of hydrogen-bond acceptors (Lipinski definition) is 0. The zero-order valence-corrected chi connectivity index (χ0v) is 22.9. The second-order valence-corrected chi connectivity index (χ2v) is 11.6. The summed E-state index contributed by atoms with van der Waals surface area (Å²) >= 11 is 0. The molecule has 0 aromatic heterocycles. The Labute approximate surface area is 242 Å². The van der Waals surface area contributed by atoms with Crippen LogP contribution >= 0.6 is 0 Å². The van der Waals surface area contributed by atoms with E-state index in [1.807, 2.05) is 0 Å². The first-order valence-electron chi connectivity index (χ1n) is 14.7. The molecule has 0 unspecified atom stereocenters. The largest absolute Gasteiger partial charge is 0.0616 e. The van der Waals surface area contributed by atoms with Crippen molar-refractivity contribution in [3.05, 3.63) is 146 Å². The van der Waals surface area contributed by atoms with Gasteiger partial charge >= 0.3 is 0 Å². The highest BCUT2D eigenvalue weighted by atomic mass is 14.2.